The maximum absolute atomic E-state index is 12.2. The quantitative estimate of drug-likeness (QED) is 0.631. The molecule has 78 valence electrons. The molecule has 6 heteroatoms. The van der Waals surface area contributed by atoms with Crippen molar-refractivity contribution >= 4 is 11.6 Å². The van der Waals surface area contributed by atoms with Crippen LogP contribution in [0, 0.1) is 0 Å². The first-order valence-electron chi connectivity index (χ1n) is 3.48. The number of hydrogen-bond acceptors (Lipinski definition) is 0. The molecule has 0 fully saturated rings. The zero-order valence-corrected chi connectivity index (χ0v) is 7.33. The Balaban J connectivity index is 3.28. The molecular formula is C8H4ClF5. The fraction of sp³-hybridized carbons (Fsp3) is 0.250. The van der Waals surface area contributed by atoms with Gasteiger partial charge < -0.3 is 0 Å². The fourth-order valence-corrected chi connectivity index (χ4v) is 1.25. The molecule has 0 atom stereocenters. The van der Waals surface area contributed by atoms with Gasteiger partial charge in [-0.2, -0.15) is 13.2 Å². The van der Waals surface area contributed by atoms with Crippen LogP contribution in [0.25, 0.3) is 0 Å². The SMILES string of the molecule is FC(F)c1cccc(C(F)(F)F)c1Cl. The van der Waals surface area contributed by atoms with Crippen molar-refractivity contribution in [3.05, 3.63) is 34.3 Å². The molecule has 0 N–H and O–H groups in total. The van der Waals surface area contributed by atoms with E-state index >= 15 is 0 Å². The number of alkyl halides is 5. The van der Waals surface area contributed by atoms with Crippen LogP contribution in [-0.2, 0) is 6.18 Å². The van der Waals surface area contributed by atoms with Crippen LogP contribution in [0.1, 0.15) is 17.6 Å². The Morgan fingerprint density at radius 1 is 1.14 bits per heavy atom. The van der Waals surface area contributed by atoms with Crippen LogP contribution in [-0.4, -0.2) is 0 Å². The third kappa shape index (κ3) is 2.15. The summed E-state index contributed by atoms with van der Waals surface area (Å²) in [6.45, 7) is 0. The normalized spacial score (nSPS) is 12.2. The summed E-state index contributed by atoms with van der Waals surface area (Å²) in [6.07, 6.45) is -7.72. The zero-order chi connectivity index (χ0) is 10.9. The van der Waals surface area contributed by atoms with E-state index in [-0.39, 0.29) is 0 Å². The summed E-state index contributed by atoms with van der Waals surface area (Å²) in [6, 6.07) is 2.42. The maximum atomic E-state index is 12.2. The molecule has 1 aromatic rings. The molecule has 0 bridgehead atoms. The summed E-state index contributed by atoms with van der Waals surface area (Å²) in [5.74, 6) is 0. The van der Waals surface area contributed by atoms with Crippen molar-refractivity contribution in [3.8, 4) is 0 Å². The molecule has 14 heavy (non-hydrogen) atoms. The first-order valence-corrected chi connectivity index (χ1v) is 3.85. The molecule has 0 amide bonds. The molecular weight excluding hydrogens is 227 g/mol. The monoisotopic (exact) mass is 230 g/mol. The highest BCUT2D eigenvalue weighted by Crippen LogP contribution is 2.38. The van der Waals surface area contributed by atoms with E-state index in [1.807, 2.05) is 0 Å². The van der Waals surface area contributed by atoms with E-state index in [1.54, 1.807) is 0 Å². The first kappa shape index (κ1) is 11.2. The van der Waals surface area contributed by atoms with Crippen LogP contribution < -0.4 is 0 Å². The van der Waals surface area contributed by atoms with Crippen molar-refractivity contribution < 1.29 is 22.0 Å². The Morgan fingerprint density at radius 2 is 1.71 bits per heavy atom. The second kappa shape index (κ2) is 3.73. The van der Waals surface area contributed by atoms with Crippen molar-refractivity contribution in [2.45, 2.75) is 12.6 Å². The van der Waals surface area contributed by atoms with Gasteiger partial charge in [-0.25, -0.2) is 8.78 Å². The predicted octanol–water partition coefficient (Wildman–Crippen LogP) is 4.30. The molecule has 0 aliphatic carbocycles. The second-order valence-corrected chi connectivity index (χ2v) is 2.89. The Kier molecular flexibility index (Phi) is 2.99. The minimum Gasteiger partial charge on any atom is -0.205 e. The molecule has 0 radical (unpaired) electrons. The summed E-state index contributed by atoms with van der Waals surface area (Å²) in [5, 5.41) is -0.935. The lowest BCUT2D eigenvalue weighted by molar-refractivity contribution is -0.137. The maximum Gasteiger partial charge on any atom is 0.417 e. The van der Waals surface area contributed by atoms with Gasteiger partial charge in [-0.15, -0.1) is 0 Å². The molecule has 1 rings (SSSR count). The van der Waals surface area contributed by atoms with Crippen molar-refractivity contribution in [2.24, 2.45) is 0 Å². The summed E-state index contributed by atoms with van der Waals surface area (Å²) in [5.41, 5.74) is -2.04. The van der Waals surface area contributed by atoms with Gasteiger partial charge in [0.25, 0.3) is 6.43 Å². The van der Waals surface area contributed by atoms with Crippen molar-refractivity contribution in [1.82, 2.24) is 0 Å². The average Bonchev–Trinajstić information content (AvgIpc) is 2.01. The third-order valence-electron chi connectivity index (χ3n) is 1.57. The highest BCUT2D eigenvalue weighted by molar-refractivity contribution is 6.32. The topological polar surface area (TPSA) is 0 Å². The van der Waals surface area contributed by atoms with Gasteiger partial charge in [0.15, 0.2) is 0 Å². The Labute approximate surface area is 81.3 Å². The van der Waals surface area contributed by atoms with Gasteiger partial charge in [0.2, 0.25) is 0 Å². The molecule has 1 aromatic carbocycles. The van der Waals surface area contributed by atoms with E-state index in [0.717, 1.165) is 12.1 Å². The lowest BCUT2D eigenvalue weighted by Gasteiger charge is -2.11. The molecule has 0 aromatic heterocycles. The summed E-state index contributed by atoms with van der Waals surface area (Å²) in [4.78, 5) is 0. The van der Waals surface area contributed by atoms with Gasteiger partial charge in [0.05, 0.1) is 10.6 Å². The Hall–Kier alpha value is -0.840. The average molecular weight is 231 g/mol. The number of halogens is 6. The van der Waals surface area contributed by atoms with Crippen molar-refractivity contribution in [1.29, 1.82) is 0 Å². The first-order chi connectivity index (χ1) is 6.34. The summed E-state index contributed by atoms with van der Waals surface area (Å²) < 4.78 is 60.8. The van der Waals surface area contributed by atoms with Gasteiger partial charge in [-0.1, -0.05) is 23.7 Å². The van der Waals surface area contributed by atoms with Gasteiger partial charge in [-0.05, 0) is 6.07 Å². The van der Waals surface area contributed by atoms with Gasteiger partial charge >= 0.3 is 6.18 Å². The standard InChI is InChI=1S/C8H4ClF5/c9-6-4(7(10)11)2-1-3-5(6)8(12,13)14/h1-3,7H. The highest BCUT2D eigenvalue weighted by atomic mass is 35.5. The Morgan fingerprint density at radius 3 is 2.14 bits per heavy atom. The predicted molar refractivity (Wildman–Crippen MR) is 41.4 cm³/mol. The molecule has 0 aliphatic heterocycles. The molecule has 0 spiro atoms. The third-order valence-corrected chi connectivity index (χ3v) is 1.99. The molecule has 0 saturated carbocycles. The van der Waals surface area contributed by atoms with Crippen LogP contribution in [0.3, 0.4) is 0 Å². The largest absolute Gasteiger partial charge is 0.417 e. The van der Waals surface area contributed by atoms with E-state index in [0.29, 0.717) is 6.07 Å². The minimum atomic E-state index is -4.71. The van der Waals surface area contributed by atoms with Crippen LogP contribution in [0.15, 0.2) is 18.2 Å². The molecule has 0 aliphatic rings. The van der Waals surface area contributed by atoms with E-state index in [9.17, 15) is 22.0 Å². The zero-order valence-electron chi connectivity index (χ0n) is 6.58. The number of rotatable bonds is 1. The molecule has 0 unspecified atom stereocenters. The molecule has 0 heterocycles. The molecule has 0 nitrogen and oxygen atoms in total. The number of hydrogen-bond donors (Lipinski definition) is 0. The van der Waals surface area contributed by atoms with Crippen molar-refractivity contribution in [3.63, 3.8) is 0 Å². The van der Waals surface area contributed by atoms with E-state index in [1.165, 1.54) is 0 Å². The van der Waals surface area contributed by atoms with E-state index in [4.69, 9.17) is 11.6 Å². The highest BCUT2D eigenvalue weighted by Gasteiger charge is 2.34. The van der Waals surface area contributed by atoms with Crippen LogP contribution in [0.2, 0.25) is 5.02 Å². The smallest absolute Gasteiger partial charge is 0.205 e. The van der Waals surface area contributed by atoms with E-state index in [2.05, 4.69) is 0 Å². The van der Waals surface area contributed by atoms with Gasteiger partial charge in [0, 0.05) is 5.56 Å². The van der Waals surface area contributed by atoms with Crippen LogP contribution >= 0.6 is 11.6 Å². The van der Waals surface area contributed by atoms with Crippen LogP contribution in [0.5, 0.6) is 0 Å². The number of benzene rings is 1. The van der Waals surface area contributed by atoms with Gasteiger partial charge in [0.1, 0.15) is 0 Å². The summed E-state index contributed by atoms with van der Waals surface area (Å²) in [7, 11) is 0. The second-order valence-electron chi connectivity index (χ2n) is 2.51. The lowest BCUT2D eigenvalue weighted by atomic mass is 10.1. The van der Waals surface area contributed by atoms with E-state index < -0.39 is 28.8 Å². The van der Waals surface area contributed by atoms with Crippen LogP contribution in [0.4, 0.5) is 22.0 Å². The Bertz CT molecular complexity index is 331. The lowest BCUT2D eigenvalue weighted by Crippen LogP contribution is -2.07. The van der Waals surface area contributed by atoms with Crippen molar-refractivity contribution in [2.75, 3.05) is 0 Å². The minimum absolute atomic E-state index is 0.661. The fourth-order valence-electron chi connectivity index (χ4n) is 0.937. The summed E-state index contributed by atoms with van der Waals surface area (Å²) >= 11 is 5.19. The molecule has 0 saturated heterocycles. The van der Waals surface area contributed by atoms with Gasteiger partial charge in [-0.3, -0.25) is 0 Å².